The zero-order valence-electron chi connectivity index (χ0n) is 8.18. The molecule has 1 rings (SSSR count). The van der Waals surface area contributed by atoms with Gasteiger partial charge in [-0.2, -0.15) is 0 Å². The normalized spacial score (nSPS) is 18.1. The molecule has 0 saturated carbocycles. The van der Waals surface area contributed by atoms with E-state index >= 15 is 0 Å². The van der Waals surface area contributed by atoms with Crippen LogP contribution in [0.5, 0.6) is 0 Å². The highest BCUT2D eigenvalue weighted by molar-refractivity contribution is 5.75. The first-order valence-electron chi connectivity index (χ1n) is 4.56. The third-order valence-corrected chi connectivity index (χ3v) is 1.88. The van der Waals surface area contributed by atoms with Gasteiger partial charge in [-0.1, -0.05) is 0 Å². The van der Waals surface area contributed by atoms with Gasteiger partial charge in [0.2, 0.25) is 0 Å². The smallest absolute Gasteiger partial charge is 0.317 e. The Bertz CT molecular complexity index is 166. The lowest BCUT2D eigenvalue weighted by Gasteiger charge is -2.25. The predicted octanol–water partition coefficient (Wildman–Crippen LogP) is 1.59. The molecule has 0 aromatic carbocycles. The molecule has 1 N–H and O–H groups in total. The molecule has 3 heteroatoms. The molecule has 0 bridgehead atoms. The molecule has 0 radical (unpaired) electrons. The van der Waals surface area contributed by atoms with Crippen molar-refractivity contribution in [1.29, 1.82) is 0 Å². The number of amides is 2. The van der Waals surface area contributed by atoms with Crippen LogP contribution in [0.1, 0.15) is 33.6 Å². The van der Waals surface area contributed by atoms with Crippen molar-refractivity contribution in [2.75, 3.05) is 13.1 Å². The van der Waals surface area contributed by atoms with E-state index in [0.29, 0.717) is 0 Å². The number of urea groups is 1. The summed E-state index contributed by atoms with van der Waals surface area (Å²) in [5.74, 6) is 0. The fourth-order valence-electron chi connectivity index (χ4n) is 1.32. The second-order valence-corrected chi connectivity index (χ2v) is 4.37. The van der Waals surface area contributed by atoms with Gasteiger partial charge in [-0.15, -0.1) is 0 Å². The number of likely N-dealkylation sites (tertiary alicyclic amines) is 1. The Morgan fingerprint density at radius 3 is 2.17 bits per heavy atom. The Labute approximate surface area is 74.1 Å². The van der Waals surface area contributed by atoms with Gasteiger partial charge in [0.25, 0.3) is 0 Å². The number of rotatable bonds is 0. The zero-order chi connectivity index (χ0) is 9.19. The van der Waals surface area contributed by atoms with Gasteiger partial charge in [-0.05, 0) is 33.6 Å². The molecule has 1 aliphatic rings. The van der Waals surface area contributed by atoms with Crippen LogP contribution in [0.2, 0.25) is 0 Å². The highest BCUT2D eigenvalue weighted by Gasteiger charge is 2.21. The topological polar surface area (TPSA) is 32.3 Å². The third-order valence-electron chi connectivity index (χ3n) is 1.88. The lowest BCUT2D eigenvalue weighted by atomic mass is 10.1. The summed E-state index contributed by atoms with van der Waals surface area (Å²) in [6, 6.07) is 0.0833. The fourth-order valence-corrected chi connectivity index (χ4v) is 1.32. The van der Waals surface area contributed by atoms with Crippen LogP contribution in [-0.4, -0.2) is 29.6 Å². The summed E-state index contributed by atoms with van der Waals surface area (Å²) in [6.07, 6.45) is 2.30. The lowest BCUT2D eigenvalue weighted by Crippen LogP contribution is -2.47. The van der Waals surface area contributed by atoms with Crippen LogP contribution in [0.15, 0.2) is 0 Å². The molecule has 3 nitrogen and oxygen atoms in total. The predicted molar refractivity (Wildman–Crippen MR) is 49.1 cm³/mol. The minimum Gasteiger partial charge on any atom is -0.333 e. The first-order chi connectivity index (χ1) is 5.49. The van der Waals surface area contributed by atoms with E-state index in [2.05, 4.69) is 5.32 Å². The van der Waals surface area contributed by atoms with Crippen LogP contribution >= 0.6 is 0 Å². The minimum atomic E-state index is -0.111. The average molecular weight is 170 g/mol. The molecule has 0 atom stereocenters. The van der Waals surface area contributed by atoms with Crippen LogP contribution in [-0.2, 0) is 0 Å². The van der Waals surface area contributed by atoms with Crippen molar-refractivity contribution in [2.24, 2.45) is 0 Å². The van der Waals surface area contributed by atoms with E-state index in [1.165, 1.54) is 0 Å². The minimum absolute atomic E-state index is 0.0833. The van der Waals surface area contributed by atoms with Crippen molar-refractivity contribution in [3.8, 4) is 0 Å². The van der Waals surface area contributed by atoms with Gasteiger partial charge in [0.15, 0.2) is 0 Å². The lowest BCUT2D eigenvalue weighted by molar-refractivity contribution is 0.199. The van der Waals surface area contributed by atoms with E-state index in [1.54, 1.807) is 0 Å². The highest BCUT2D eigenvalue weighted by Crippen LogP contribution is 2.09. The van der Waals surface area contributed by atoms with Crippen LogP contribution in [0, 0.1) is 0 Å². The molecule has 12 heavy (non-hydrogen) atoms. The number of nitrogens with one attached hydrogen (secondary N) is 1. The second kappa shape index (κ2) is 3.33. The third kappa shape index (κ3) is 2.72. The Balaban J connectivity index is 2.37. The SMILES string of the molecule is CC(C)(C)NC(=O)N1CCCC1. The monoisotopic (exact) mass is 170 g/mol. The number of hydrogen-bond acceptors (Lipinski definition) is 1. The molecule has 0 unspecified atom stereocenters. The molecule has 1 heterocycles. The van der Waals surface area contributed by atoms with E-state index in [9.17, 15) is 4.79 Å². The Morgan fingerprint density at radius 1 is 1.25 bits per heavy atom. The molecule has 1 saturated heterocycles. The summed E-state index contributed by atoms with van der Waals surface area (Å²) in [7, 11) is 0. The van der Waals surface area contributed by atoms with Crippen molar-refractivity contribution in [3.05, 3.63) is 0 Å². The number of hydrogen-bond donors (Lipinski definition) is 1. The number of carbonyl (C=O) groups excluding carboxylic acids is 1. The van der Waals surface area contributed by atoms with Crippen molar-refractivity contribution in [3.63, 3.8) is 0 Å². The molecule has 0 aromatic rings. The Kier molecular flexibility index (Phi) is 2.60. The van der Waals surface area contributed by atoms with Crippen LogP contribution in [0.4, 0.5) is 4.79 Å². The highest BCUT2D eigenvalue weighted by atomic mass is 16.2. The van der Waals surface area contributed by atoms with Crippen molar-refractivity contribution in [2.45, 2.75) is 39.2 Å². The van der Waals surface area contributed by atoms with E-state index in [0.717, 1.165) is 25.9 Å². The molecule has 2 amide bonds. The Hall–Kier alpha value is -0.730. The quantitative estimate of drug-likeness (QED) is 0.588. The van der Waals surface area contributed by atoms with Gasteiger partial charge < -0.3 is 10.2 Å². The maximum atomic E-state index is 11.5. The van der Waals surface area contributed by atoms with Crippen LogP contribution in [0.3, 0.4) is 0 Å². The summed E-state index contributed by atoms with van der Waals surface area (Å²) in [6.45, 7) is 7.84. The summed E-state index contributed by atoms with van der Waals surface area (Å²) in [4.78, 5) is 13.4. The van der Waals surface area contributed by atoms with E-state index in [1.807, 2.05) is 25.7 Å². The largest absolute Gasteiger partial charge is 0.333 e. The standard InChI is InChI=1S/C9H18N2O/c1-9(2,3)10-8(12)11-6-4-5-7-11/h4-7H2,1-3H3,(H,10,12). The fraction of sp³-hybridized carbons (Fsp3) is 0.889. The summed E-state index contributed by atoms with van der Waals surface area (Å²) in [5, 5.41) is 2.95. The van der Waals surface area contributed by atoms with Gasteiger partial charge in [0.1, 0.15) is 0 Å². The summed E-state index contributed by atoms with van der Waals surface area (Å²) >= 11 is 0. The molecule has 0 aliphatic carbocycles. The van der Waals surface area contributed by atoms with Gasteiger partial charge in [0.05, 0.1) is 0 Å². The molecule has 0 spiro atoms. The van der Waals surface area contributed by atoms with Crippen LogP contribution < -0.4 is 5.32 Å². The molecule has 1 fully saturated rings. The summed E-state index contributed by atoms with van der Waals surface area (Å²) < 4.78 is 0. The van der Waals surface area contributed by atoms with Gasteiger partial charge >= 0.3 is 6.03 Å². The van der Waals surface area contributed by atoms with Gasteiger partial charge in [-0.25, -0.2) is 4.79 Å². The average Bonchev–Trinajstić information content (AvgIpc) is 2.32. The molecule has 70 valence electrons. The van der Waals surface area contributed by atoms with E-state index in [-0.39, 0.29) is 11.6 Å². The second-order valence-electron chi connectivity index (χ2n) is 4.37. The maximum absolute atomic E-state index is 11.5. The first kappa shape index (κ1) is 9.36. The van der Waals surface area contributed by atoms with Crippen molar-refractivity contribution in [1.82, 2.24) is 10.2 Å². The van der Waals surface area contributed by atoms with Gasteiger partial charge in [-0.3, -0.25) is 0 Å². The molecular weight excluding hydrogens is 152 g/mol. The molecular formula is C9H18N2O. The first-order valence-corrected chi connectivity index (χ1v) is 4.56. The Morgan fingerprint density at radius 2 is 1.75 bits per heavy atom. The van der Waals surface area contributed by atoms with Crippen molar-refractivity contribution < 1.29 is 4.79 Å². The number of carbonyl (C=O) groups is 1. The molecule has 1 aliphatic heterocycles. The van der Waals surface area contributed by atoms with E-state index in [4.69, 9.17) is 0 Å². The number of nitrogens with zero attached hydrogens (tertiary/aromatic N) is 1. The van der Waals surface area contributed by atoms with Crippen molar-refractivity contribution >= 4 is 6.03 Å². The zero-order valence-corrected chi connectivity index (χ0v) is 8.18. The molecule has 0 aromatic heterocycles. The maximum Gasteiger partial charge on any atom is 0.317 e. The van der Waals surface area contributed by atoms with E-state index < -0.39 is 0 Å². The summed E-state index contributed by atoms with van der Waals surface area (Å²) in [5.41, 5.74) is -0.111. The van der Waals surface area contributed by atoms with Gasteiger partial charge in [0, 0.05) is 18.6 Å². The van der Waals surface area contributed by atoms with Crippen LogP contribution in [0.25, 0.3) is 0 Å².